The second-order valence-corrected chi connectivity index (χ2v) is 56.6. The van der Waals surface area contributed by atoms with E-state index in [1.807, 2.05) is 0 Å². The highest BCUT2D eigenvalue weighted by atomic mass is 28.5. The van der Waals surface area contributed by atoms with Gasteiger partial charge in [0.1, 0.15) is 0 Å². The molecule has 0 rings (SSSR count). The Bertz CT molecular complexity index is 921. The van der Waals surface area contributed by atoms with Crippen molar-refractivity contribution in [1.82, 2.24) is 0 Å². The van der Waals surface area contributed by atoms with Crippen LogP contribution in [0.3, 0.4) is 0 Å². The summed E-state index contributed by atoms with van der Waals surface area (Å²) in [4.78, 5) is 0. The first-order valence-electron chi connectivity index (χ1n) is 15.8. The first kappa shape index (κ1) is 46.0. The second kappa shape index (κ2) is 15.5. The normalized spacial score (nSPS) is 15.8. The third-order valence-corrected chi connectivity index (χ3v) is 45.0. The van der Waals surface area contributed by atoms with Crippen molar-refractivity contribution in [1.29, 1.82) is 0 Å². The molecule has 21 heteroatoms. The van der Waals surface area contributed by atoms with E-state index in [0.29, 0.717) is 0 Å². The molecule has 0 spiro atoms. The highest BCUT2D eigenvalue weighted by Crippen LogP contribution is 2.30. The maximum atomic E-state index is 6.75. The first-order chi connectivity index (χ1) is 18.8. The lowest BCUT2D eigenvalue weighted by molar-refractivity contribution is 0.255. The fourth-order valence-electron chi connectivity index (χ4n) is 6.23. The van der Waals surface area contributed by atoms with Crippen LogP contribution in [-0.2, 0) is 41.2 Å². The fraction of sp³-hybridized carbons (Fsp3) is 1.00. The SMILES string of the molecule is C[SiH](C)O[Si](C)(C)O[Si](C)(C)O[Si](C)(C)O[Si](C)(C)O[Si](C)(C)O[Si](C)(C)O[Si](C)(C)O[Si](C)(C)O[Si](C)(C)O[Si](C)(C)C. The Labute approximate surface area is 284 Å². The minimum atomic E-state index is -2.66. The van der Waals surface area contributed by atoms with E-state index >= 15 is 0 Å². The van der Waals surface area contributed by atoms with Gasteiger partial charge < -0.3 is 41.2 Å². The average Bonchev–Trinajstić information content (AvgIpc) is 2.46. The monoisotopic (exact) mass is 814 g/mol. The molecule has 0 aromatic heterocycles. The Morgan fingerprint density at radius 2 is 0.409 bits per heavy atom. The number of hydrogen-bond donors (Lipinski definition) is 0. The van der Waals surface area contributed by atoms with E-state index in [0.717, 1.165) is 0 Å². The van der Waals surface area contributed by atoms with Gasteiger partial charge in [-0.25, -0.2) is 0 Å². The lowest BCUT2D eigenvalue weighted by Gasteiger charge is -2.44. The quantitative estimate of drug-likeness (QED) is 0.112. The predicted octanol–water partition coefficient (Wildman–Crippen LogP) is 8.29. The fourth-order valence-corrected chi connectivity index (χ4v) is 59.5. The van der Waals surface area contributed by atoms with E-state index in [-0.39, 0.29) is 0 Å². The molecule has 0 bridgehead atoms. The van der Waals surface area contributed by atoms with Crippen LogP contribution >= 0.6 is 0 Å². The summed E-state index contributed by atoms with van der Waals surface area (Å²) < 4.78 is 66.1. The lowest BCUT2D eigenvalue weighted by Crippen LogP contribution is -2.62. The van der Waals surface area contributed by atoms with Gasteiger partial charge in [-0.15, -0.1) is 0 Å². The molecule has 0 radical (unpaired) electrons. The van der Waals surface area contributed by atoms with Crippen molar-refractivity contribution >= 4 is 94.4 Å². The molecule has 0 heterocycles. The van der Waals surface area contributed by atoms with Gasteiger partial charge in [0.25, 0.3) is 0 Å². The minimum absolute atomic E-state index is 1.21. The molecule has 0 aliphatic rings. The van der Waals surface area contributed by atoms with Crippen molar-refractivity contribution in [3.8, 4) is 0 Å². The third kappa shape index (κ3) is 21.9. The summed E-state index contributed by atoms with van der Waals surface area (Å²) in [6, 6.07) is 0. The highest BCUT2D eigenvalue weighted by molar-refractivity contribution is 6.93. The van der Waals surface area contributed by atoms with Gasteiger partial charge in [0.2, 0.25) is 0 Å². The van der Waals surface area contributed by atoms with Crippen LogP contribution in [0.2, 0.25) is 151 Å². The Morgan fingerprint density at radius 1 is 0.250 bits per heavy atom. The summed E-state index contributed by atoms with van der Waals surface area (Å²) >= 11 is 0. The third-order valence-electron chi connectivity index (χ3n) is 5.00. The molecule has 0 saturated carbocycles. The van der Waals surface area contributed by atoms with Gasteiger partial charge in [-0.05, 0) is 151 Å². The van der Waals surface area contributed by atoms with Crippen LogP contribution in [0.1, 0.15) is 0 Å². The molecule has 0 atom stereocenters. The van der Waals surface area contributed by atoms with E-state index in [4.69, 9.17) is 41.2 Å². The van der Waals surface area contributed by atoms with Crippen molar-refractivity contribution in [3.05, 3.63) is 0 Å². The lowest BCUT2D eigenvalue weighted by atomic mass is 11.8. The second-order valence-electron chi connectivity index (χ2n) is 16.8. The number of hydrogen-bond acceptors (Lipinski definition) is 10. The van der Waals surface area contributed by atoms with Gasteiger partial charge in [0.15, 0.2) is 17.4 Å². The van der Waals surface area contributed by atoms with E-state index in [1.165, 1.54) is 0 Å². The Kier molecular flexibility index (Phi) is 16.2. The van der Waals surface area contributed by atoms with E-state index in [2.05, 4.69) is 151 Å². The Balaban J connectivity index is 5.47. The molecular formula is C23H70O10Si11. The van der Waals surface area contributed by atoms with E-state index < -0.39 is 94.4 Å². The topological polar surface area (TPSA) is 92.3 Å². The van der Waals surface area contributed by atoms with Gasteiger partial charge in [-0.1, -0.05) is 0 Å². The molecule has 0 N–H and O–H groups in total. The largest absolute Gasteiger partial charge is 0.440 e. The molecule has 44 heavy (non-hydrogen) atoms. The maximum absolute atomic E-state index is 6.75. The summed E-state index contributed by atoms with van der Waals surface area (Å²) in [5.74, 6) is 0. The minimum Gasteiger partial charge on any atom is -0.440 e. The van der Waals surface area contributed by atoms with Crippen LogP contribution in [0.25, 0.3) is 0 Å². The average molecular weight is 816 g/mol. The van der Waals surface area contributed by atoms with Crippen LogP contribution in [0.5, 0.6) is 0 Å². The standard InChI is InChI=1S/C23H70O10Si11/c1-34(2)24-36(6,7)26-38(10,11)28-40(14,15)30-42(18,19)32-44(22,23)33-43(20,21)31-41(16,17)29-39(12,13)27-37(8,9)25-35(3,4)5/h34H,1-23H3. The summed E-state index contributed by atoms with van der Waals surface area (Å²) in [5.41, 5.74) is 0. The smallest absolute Gasteiger partial charge is 0.314 e. The van der Waals surface area contributed by atoms with E-state index in [9.17, 15) is 0 Å². The van der Waals surface area contributed by atoms with Crippen LogP contribution in [-0.4, -0.2) is 94.4 Å². The van der Waals surface area contributed by atoms with E-state index in [1.54, 1.807) is 0 Å². The Hall–Kier alpha value is 1.99. The molecule has 0 saturated heterocycles. The molecule has 0 fully saturated rings. The summed E-state index contributed by atoms with van der Waals surface area (Å²) in [6.07, 6.45) is 0. The molecule has 0 amide bonds. The van der Waals surface area contributed by atoms with Gasteiger partial charge in [0.05, 0.1) is 0 Å². The molecular weight excluding hydrogens is 745 g/mol. The maximum Gasteiger partial charge on any atom is 0.314 e. The molecule has 10 nitrogen and oxygen atoms in total. The molecule has 0 aromatic carbocycles. The molecule has 266 valence electrons. The highest BCUT2D eigenvalue weighted by Gasteiger charge is 2.50. The van der Waals surface area contributed by atoms with Crippen molar-refractivity contribution in [2.75, 3.05) is 0 Å². The van der Waals surface area contributed by atoms with Crippen molar-refractivity contribution in [3.63, 3.8) is 0 Å². The summed E-state index contributed by atoms with van der Waals surface area (Å²) in [7, 11) is -25.8. The zero-order chi connectivity index (χ0) is 35.6. The van der Waals surface area contributed by atoms with Crippen molar-refractivity contribution < 1.29 is 41.2 Å². The Morgan fingerprint density at radius 3 is 0.568 bits per heavy atom. The van der Waals surface area contributed by atoms with Crippen molar-refractivity contribution in [2.45, 2.75) is 151 Å². The summed E-state index contributed by atoms with van der Waals surface area (Å²) in [5, 5.41) is 0. The summed E-state index contributed by atoms with van der Waals surface area (Å²) in [6.45, 7) is 48.4. The molecule has 0 unspecified atom stereocenters. The van der Waals surface area contributed by atoms with Gasteiger partial charge in [-0.3, -0.25) is 0 Å². The van der Waals surface area contributed by atoms with Crippen LogP contribution in [0.4, 0.5) is 0 Å². The van der Waals surface area contributed by atoms with Gasteiger partial charge >= 0.3 is 77.0 Å². The zero-order valence-corrected chi connectivity index (χ0v) is 43.8. The van der Waals surface area contributed by atoms with Crippen molar-refractivity contribution in [2.24, 2.45) is 0 Å². The van der Waals surface area contributed by atoms with Crippen LogP contribution in [0, 0.1) is 0 Å². The number of rotatable bonds is 20. The van der Waals surface area contributed by atoms with Gasteiger partial charge in [0, 0.05) is 0 Å². The van der Waals surface area contributed by atoms with Crippen LogP contribution in [0.15, 0.2) is 0 Å². The molecule has 0 aliphatic heterocycles. The van der Waals surface area contributed by atoms with Gasteiger partial charge in [-0.2, -0.15) is 0 Å². The molecule has 0 aromatic rings. The first-order valence-corrected chi connectivity index (χ1v) is 47.3. The molecule has 0 aliphatic carbocycles. The predicted molar refractivity (Wildman–Crippen MR) is 210 cm³/mol. The zero-order valence-electron chi connectivity index (χ0n) is 32.7. The van der Waals surface area contributed by atoms with Crippen LogP contribution < -0.4 is 0 Å².